The predicted molar refractivity (Wildman–Crippen MR) is 87.5 cm³/mol. The highest BCUT2D eigenvalue weighted by molar-refractivity contribution is 6.31. The van der Waals surface area contributed by atoms with Crippen LogP contribution in [0.25, 0.3) is 0 Å². The van der Waals surface area contributed by atoms with E-state index in [0.717, 1.165) is 5.56 Å². The molecule has 22 heavy (non-hydrogen) atoms. The van der Waals surface area contributed by atoms with Gasteiger partial charge in [0.2, 0.25) is 0 Å². The maximum Gasteiger partial charge on any atom is 0.252 e. The number of pyridine rings is 1. The molecular weight excluding hydrogens is 302 g/mol. The summed E-state index contributed by atoms with van der Waals surface area (Å²) in [7, 11) is 1.82. The molecule has 0 radical (unpaired) electrons. The van der Waals surface area contributed by atoms with Crippen molar-refractivity contribution in [2.45, 2.75) is 6.54 Å². The minimum Gasteiger partial charge on any atom is -0.351 e. The van der Waals surface area contributed by atoms with Crippen LogP contribution in [0.15, 0.2) is 47.4 Å². The number of hydrogen-bond acceptors (Lipinski definition) is 3. The number of amides is 1. The summed E-state index contributed by atoms with van der Waals surface area (Å²) in [6.07, 6.45) is 1.56. The van der Waals surface area contributed by atoms with Gasteiger partial charge in [-0.2, -0.15) is 0 Å². The van der Waals surface area contributed by atoms with Gasteiger partial charge in [0.25, 0.3) is 11.5 Å². The molecule has 2 aromatic rings. The van der Waals surface area contributed by atoms with Crippen molar-refractivity contribution in [3.05, 3.63) is 69.1 Å². The van der Waals surface area contributed by atoms with Crippen molar-refractivity contribution >= 4 is 17.5 Å². The molecule has 1 aromatic heterocycles. The lowest BCUT2D eigenvalue weighted by Gasteiger charge is -2.10. The van der Waals surface area contributed by atoms with Crippen LogP contribution in [0.2, 0.25) is 5.02 Å². The van der Waals surface area contributed by atoms with E-state index in [1.807, 2.05) is 25.2 Å². The number of carbonyl (C=O) groups excluding carboxylic acids is 1. The van der Waals surface area contributed by atoms with Gasteiger partial charge in [0.15, 0.2) is 0 Å². The second-order valence-electron chi connectivity index (χ2n) is 4.83. The van der Waals surface area contributed by atoms with Gasteiger partial charge < -0.3 is 15.2 Å². The smallest absolute Gasteiger partial charge is 0.252 e. The van der Waals surface area contributed by atoms with Crippen molar-refractivity contribution in [2.24, 2.45) is 0 Å². The van der Waals surface area contributed by atoms with Crippen molar-refractivity contribution in [2.75, 3.05) is 20.1 Å². The van der Waals surface area contributed by atoms with E-state index in [1.54, 1.807) is 12.3 Å². The van der Waals surface area contributed by atoms with E-state index in [9.17, 15) is 9.59 Å². The summed E-state index contributed by atoms with van der Waals surface area (Å²) in [5.74, 6) is -0.205. The zero-order valence-electron chi connectivity index (χ0n) is 12.3. The van der Waals surface area contributed by atoms with Gasteiger partial charge in [-0.15, -0.1) is 0 Å². The van der Waals surface area contributed by atoms with Crippen LogP contribution in [0.5, 0.6) is 0 Å². The highest BCUT2D eigenvalue weighted by atomic mass is 35.5. The molecule has 0 atom stereocenters. The number of aromatic nitrogens is 1. The summed E-state index contributed by atoms with van der Waals surface area (Å²) in [4.78, 5) is 24.0. The first-order valence-electron chi connectivity index (χ1n) is 6.98. The van der Waals surface area contributed by atoms with Gasteiger partial charge in [-0.25, -0.2) is 0 Å². The van der Waals surface area contributed by atoms with Crippen LogP contribution in [0.4, 0.5) is 0 Å². The molecule has 0 saturated heterocycles. The predicted octanol–water partition coefficient (Wildman–Crippen LogP) is 1.50. The van der Waals surface area contributed by atoms with E-state index in [1.165, 1.54) is 16.7 Å². The normalized spacial score (nSPS) is 10.5. The monoisotopic (exact) mass is 319 g/mol. The lowest BCUT2D eigenvalue weighted by Crippen LogP contribution is -2.31. The SMILES string of the molecule is CNCCNC(=O)c1ccc(=O)n(Cc2ccccc2Cl)c1. The van der Waals surface area contributed by atoms with Gasteiger partial charge in [0.1, 0.15) is 0 Å². The number of carbonyl (C=O) groups is 1. The summed E-state index contributed by atoms with van der Waals surface area (Å²) in [5, 5.41) is 6.32. The molecule has 0 aliphatic heterocycles. The van der Waals surface area contributed by atoms with E-state index in [0.29, 0.717) is 30.2 Å². The van der Waals surface area contributed by atoms with Gasteiger partial charge in [0, 0.05) is 30.4 Å². The molecule has 0 unspecified atom stereocenters. The molecule has 6 heteroatoms. The van der Waals surface area contributed by atoms with Crippen LogP contribution >= 0.6 is 11.6 Å². The van der Waals surface area contributed by atoms with Crippen molar-refractivity contribution in [1.29, 1.82) is 0 Å². The van der Waals surface area contributed by atoms with Crippen LogP contribution in [-0.2, 0) is 6.54 Å². The van der Waals surface area contributed by atoms with Crippen LogP contribution in [0.3, 0.4) is 0 Å². The van der Waals surface area contributed by atoms with Gasteiger partial charge in [-0.05, 0) is 24.7 Å². The van der Waals surface area contributed by atoms with Gasteiger partial charge >= 0.3 is 0 Å². The van der Waals surface area contributed by atoms with Gasteiger partial charge in [0.05, 0.1) is 12.1 Å². The van der Waals surface area contributed by atoms with Crippen molar-refractivity contribution in [3.63, 3.8) is 0 Å². The molecule has 0 saturated carbocycles. The number of nitrogens with one attached hydrogen (secondary N) is 2. The summed E-state index contributed by atoms with van der Waals surface area (Å²) in [5.41, 5.74) is 1.11. The topological polar surface area (TPSA) is 63.1 Å². The first kappa shape index (κ1) is 16.3. The third kappa shape index (κ3) is 4.19. The standard InChI is InChI=1S/C16H18ClN3O2/c1-18-8-9-19-16(22)13-6-7-15(21)20(11-13)10-12-4-2-3-5-14(12)17/h2-7,11,18H,8-10H2,1H3,(H,19,22). The zero-order chi connectivity index (χ0) is 15.9. The Kier molecular flexibility index (Phi) is 5.75. The fourth-order valence-corrected chi connectivity index (χ4v) is 2.20. The van der Waals surface area contributed by atoms with E-state index in [2.05, 4.69) is 10.6 Å². The molecule has 2 N–H and O–H groups in total. The minimum atomic E-state index is -0.205. The van der Waals surface area contributed by atoms with Crippen molar-refractivity contribution < 1.29 is 4.79 Å². The largest absolute Gasteiger partial charge is 0.351 e. The number of hydrogen-bond donors (Lipinski definition) is 2. The van der Waals surface area contributed by atoms with Gasteiger partial charge in [-0.3, -0.25) is 9.59 Å². The molecule has 0 fully saturated rings. The molecule has 0 aliphatic rings. The molecule has 5 nitrogen and oxygen atoms in total. The third-order valence-electron chi connectivity index (χ3n) is 3.20. The number of nitrogens with zero attached hydrogens (tertiary/aromatic N) is 1. The number of halogens is 1. The summed E-state index contributed by atoms with van der Waals surface area (Å²) in [6, 6.07) is 10.2. The fourth-order valence-electron chi connectivity index (χ4n) is 2.00. The second kappa shape index (κ2) is 7.77. The average Bonchev–Trinajstić information content (AvgIpc) is 2.51. The van der Waals surface area contributed by atoms with Crippen LogP contribution in [0, 0.1) is 0 Å². The lowest BCUT2D eigenvalue weighted by molar-refractivity contribution is 0.0953. The van der Waals surface area contributed by atoms with Gasteiger partial charge in [-0.1, -0.05) is 29.8 Å². The maximum absolute atomic E-state index is 12.0. The average molecular weight is 320 g/mol. The molecule has 116 valence electrons. The van der Waals surface area contributed by atoms with Crippen LogP contribution in [0.1, 0.15) is 15.9 Å². The second-order valence-corrected chi connectivity index (χ2v) is 5.24. The first-order valence-corrected chi connectivity index (χ1v) is 7.36. The zero-order valence-corrected chi connectivity index (χ0v) is 13.1. The summed E-state index contributed by atoms with van der Waals surface area (Å²) >= 11 is 6.11. The van der Waals surface area contributed by atoms with Crippen molar-refractivity contribution in [1.82, 2.24) is 15.2 Å². The van der Waals surface area contributed by atoms with Crippen LogP contribution in [-0.4, -0.2) is 30.6 Å². The summed E-state index contributed by atoms with van der Waals surface area (Å²) in [6.45, 7) is 1.54. The quantitative estimate of drug-likeness (QED) is 0.793. The minimum absolute atomic E-state index is 0.174. The number of benzene rings is 1. The molecule has 2 rings (SSSR count). The van der Waals surface area contributed by atoms with E-state index in [4.69, 9.17) is 11.6 Å². The molecule has 1 aromatic carbocycles. The lowest BCUT2D eigenvalue weighted by atomic mass is 10.2. The molecule has 0 bridgehead atoms. The third-order valence-corrected chi connectivity index (χ3v) is 3.57. The molecule has 1 amide bonds. The Morgan fingerprint density at radius 2 is 1.95 bits per heavy atom. The Bertz CT molecular complexity index is 713. The molecular formula is C16H18ClN3O2. The van der Waals surface area contributed by atoms with Crippen LogP contribution < -0.4 is 16.2 Å². The van der Waals surface area contributed by atoms with E-state index >= 15 is 0 Å². The molecule has 1 heterocycles. The van der Waals surface area contributed by atoms with E-state index in [-0.39, 0.29) is 11.5 Å². The Morgan fingerprint density at radius 1 is 1.18 bits per heavy atom. The summed E-state index contributed by atoms with van der Waals surface area (Å²) < 4.78 is 1.48. The van der Waals surface area contributed by atoms with E-state index < -0.39 is 0 Å². The number of rotatable bonds is 6. The highest BCUT2D eigenvalue weighted by Crippen LogP contribution is 2.15. The first-order chi connectivity index (χ1) is 10.6. The maximum atomic E-state index is 12.0. The Labute approximate surface area is 133 Å². The molecule has 0 spiro atoms. The Balaban J connectivity index is 2.18. The fraction of sp³-hybridized carbons (Fsp3) is 0.250. The highest BCUT2D eigenvalue weighted by Gasteiger charge is 2.08. The Hall–Kier alpha value is -2.11. The van der Waals surface area contributed by atoms with Crippen molar-refractivity contribution in [3.8, 4) is 0 Å². The number of likely N-dealkylation sites (N-methyl/N-ethyl adjacent to an activating group) is 1. The molecule has 0 aliphatic carbocycles. The Morgan fingerprint density at radius 3 is 2.68 bits per heavy atom.